The van der Waals surface area contributed by atoms with Crippen molar-refractivity contribution in [3.05, 3.63) is 83.4 Å². The summed E-state index contributed by atoms with van der Waals surface area (Å²) in [6, 6.07) is 18.8. The van der Waals surface area contributed by atoms with Gasteiger partial charge in [-0.3, -0.25) is 9.10 Å². The van der Waals surface area contributed by atoms with Gasteiger partial charge in [0, 0.05) is 5.39 Å². The highest BCUT2D eigenvalue weighted by molar-refractivity contribution is 7.92. The third-order valence-electron chi connectivity index (χ3n) is 5.43. The van der Waals surface area contributed by atoms with Gasteiger partial charge >= 0.3 is 0 Å². The van der Waals surface area contributed by atoms with Gasteiger partial charge in [0.25, 0.3) is 15.9 Å². The second-order valence-corrected chi connectivity index (χ2v) is 9.94. The van der Waals surface area contributed by atoms with Crippen LogP contribution in [-0.4, -0.2) is 31.0 Å². The molecule has 8 nitrogen and oxygen atoms in total. The van der Waals surface area contributed by atoms with Crippen molar-refractivity contribution in [1.29, 1.82) is 0 Å². The van der Waals surface area contributed by atoms with Crippen LogP contribution in [0.4, 0.5) is 11.4 Å². The van der Waals surface area contributed by atoms with Crippen LogP contribution in [0.1, 0.15) is 16.7 Å². The van der Waals surface area contributed by atoms with E-state index < -0.39 is 22.5 Å². The number of rotatable bonds is 6. The molecule has 174 valence electrons. The maximum Gasteiger partial charge on any atom is 0.285 e. The van der Waals surface area contributed by atoms with Crippen molar-refractivity contribution in [1.82, 2.24) is 4.98 Å². The molecular formula is C25H24N4O4S. The number of benzene rings is 3. The lowest BCUT2D eigenvalue weighted by Crippen LogP contribution is -2.35. The first-order valence-corrected chi connectivity index (χ1v) is 12.0. The van der Waals surface area contributed by atoms with Gasteiger partial charge in [-0.05, 0) is 50.6 Å². The van der Waals surface area contributed by atoms with Crippen LogP contribution >= 0.6 is 0 Å². The zero-order valence-electron chi connectivity index (χ0n) is 19.0. The molecule has 0 unspecified atom stereocenters. The number of nitrogens with one attached hydrogen (secondary N) is 1. The zero-order valence-corrected chi connectivity index (χ0v) is 19.8. The van der Waals surface area contributed by atoms with Crippen molar-refractivity contribution in [2.24, 2.45) is 10.2 Å². The highest BCUT2D eigenvalue weighted by Crippen LogP contribution is 2.35. The quantitative estimate of drug-likeness (QED) is 0.367. The fourth-order valence-electron chi connectivity index (χ4n) is 3.70. The first-order valence-electron chi connectivity index (χ1n) is 10.6. The summed E-state index contributed by atoms with van der Waals surface area (Å²) < 4.78 is 28.1. The molecule has 0 aliphatic rings. The van der Waals surface area contributed by atoms with E-state index in [-0.39, 0.29) is 16.5 Å². The van der Waals surface area contributed by atoms with E-state index in [1.807, 2.05) is 19.9 Å². The summed E-state index contributed by atoms with van der Waals surface area (Å²) in [6.07, 6.45) is 0. The smallest absolute Gasteiger partial charge is 0.285 e. The van der Waals surface area contributed by atoms with Crippen LogP contribution in [0.25, 0.3) is 10.9 Å². The van der Waals surface area contributed by atoms with Crippen LogP contribution < -0.4 is 4.31 Å². The number of nitrogens with zero attached hydrogens (tertiary/aromatic N) is 3. The highest BCUT2D eigenvalue weighted by atomic mass is 32.2. The Balaban J connectivity index is 1.70. The Morgan fingerprint density at radius 3 is 2.35 bits per heavy atom. The number of hydrogen-bond donors (Lipinski definition) is 2. The van der Waals surface area contributed by atoms with Gasteiger partial charge in [0.2, 0.25) is 5.88 Å². The molecule has 1 heterocycles. The van der Waals surface area contributed by atoms with Crippen LogP contribution in [0.3, 0.4) is 0 Å². The minimum Gasteiger partial charge on any atom is -0.493 e. The monoisotopic (exact) mass is 476 g/mol. The Morgan fingerprint density at radius 1 is 0.971 bits per heavy atom. The molecular weight excluding hydrogens is 452 g/mol. The Labute approximate surface area is 197 Å². The number of aromatic amines is 1. The number of fused-ring (bicyclic) bond motifs is 1. The molecule has 4 rings (SSSR count). The van der Waals surface area contributed by atoms with Gasteiger partial charge in [-0.2, -0.15) is 0 Å². The van der Waals surface area contributed by atoms with Gasteiger partial charge in [0.15, 0.2) is 5.69 Å². The molecule has 1 aromatic heterocycles. The second kappa shape index (κ2) is 9.11. The summed E-state index contributed by atoms with van der Waals surface area (Å²) in [7, 11) is -4.06. The minimum absolute atomic E-state index is 0.0667. The average Bonchev–Trinajstić information content (AvgIpc) is 3.11. The number of carbonyl (C=O) groups excluding carboxylic acids is 1. The number of anilines is 1. The molecule has 0 aliphatic heterocycles. The molecule has 0 spiro atoms. The lowest BCUT2D eigenvalue weighted by Gasteiger charge is -2.25. The maximum absolute atomic E-state index is 13.5. The minimum atomic E-state index is -4.06. The normalized spacial score (nSPS) is 11.9. The third kappa shape index (κ3) is 4.55. The van der Waals surface area contributed by atoms with Crippen LogP contribution in [0.2, 0.25) is 0 Å². The van der Waals surface area contributed by atoms with E-state index in [1.54, 1.807) is 55.5 Å². The number of H-pyrrole nitrogens is 1. The first-order chi connectivity index (χ1) is 16.2. The number of amides is 1. The molecule has 0 saturated carbocycles. The van der Waals surface area contributed by atoms with Crippen molar-refractivity contribution in [2.45, 2.75) is 25.7 Å². The van der Waals surface area contributed by atoms with Crippen molar-refractivity contribution >= 4 is 38.2 Å². The number of aromatic hydroxyl groups is 1. The number of aromatic nitrogens is 1. The van der Waals surface area contributed by atoms with Crippen LogP contribution in [0.5, 0.6) is 5.88 Å². The number of carbonyl (C=O) groups is 1. The molecule has 34 heavy (non-hydrogen) atoms. The topological polar surface area (TPSA) is 115 Å². The molecule has 0 fully saturated rings. The van der Waals surface area contributed by atoms with Crippen LogP contribution in [0, 0.1) is 20.8 Å². The molecule has 1 amide bonds. The lowest BCUT2D eigenvalue weighted by molar-refractivity contribution is -0.116. The van der Waals surface area contributed by atoms with Gasteiger partial charge in [0.05, 0.1) is 16.1 Å². The summed E-state index contributed by atoms with van der Waals surface area (Å²) in [5, 5.41) is 18.4. The van der Waals surface area contributed by atoms with E-state index in [9.17, 15) is 18.3 Å². The highest BCUT2D eigenvalue weighted by Gasteiger charge is 2.28. The van der Waals surface area contributed by atoms with Gasteiger partial charge in [-0.15, -0.1) is 10.2 Å². The molecule has 0 bridgehead atoms. The van der Waals surface area contributed by atoms with Crippen molar-refractivity contribution in [2.75, 3.05) is 10.8 Å². The fraction of sp³-hybridized carbons (Fsp3) is 0.160. The van der Waals surface area contributed by atoms with Crippen LogP contribution in [-0.2, 0) is 14.8 Å². The molecule has 4 aromatic rings. The molecule has 0 atom stereocenters. The number of hydrogen-bond acceptors (Lipinski definition) is 5. The summed E-state index contributed by atoms with van der Waals surface area (Å²) >= 11 is 0. The van der Waals surface area contributed by atoms with Crippen molar-refractivity contribution in [3.8, 4) is 5.88 Å². The Morgan fingerprint density at radius 2 is 1.65 bits per heavy atom. The average molecular weight is 477 g/mol. The van der Waals surface area contributed by atoms with Crippen molar-refractivity contribution < 1.29 is 18.3 Å². The van der Waals surface area contributed by atoms with Crippen LogP contribution in [0.15, 0.2) is 81.9 Å². The predicted octanol–water partition coefficient (Wildman–Crippen LogP) is 5.30. The molecule has 9 heteroatoms. The fourth-order valence-corrected chi connectivity index (χ4v) is 5.18. The van der Waals surface area contributed by atoms with Gasteiger partial charge in [-0.1, -0.05) is 53.6 Å². The largest absolute Gasteiger partial charge is 0.493 e. The lowest BCUT2D eigenvalue weighted by atomic mass is 10.1. The Hall–Kier alpha value is -3.98. The summed E-state index contributed by atoms with van der Waals surface area (Å²) in [4.78, 5) is 15.7. The number of sulfonamides is 1. The van der Waals surface area contributed by atoms with E-state index in [1.165, 1.54) is 12.1 Å². The summed E-state index contributed by atoms with van der Waals surface area (Å²) in [5.41, 5.74) is 3.72. The molecule has 0 saturated heterocycles. The van der Waals surface area contributed by atoms with Gasteiger partial charge < -0.3 is 10.1 Å². The van der Waals surface area contributed by atoms with E-state index >= 15 is 0 Å². The number of azo groups is 1. The molecule has 2 N–H and O–H groups in total. The number of aryl methyl sites for hydroxylation is 3. The van der Waals surface area contributed by atoms with E-state index in [0.29, 0.717) is 22.2 Å². The third-order valence-corrected chi connectivity index (χ3v) is 7.20. The molecule has 0 aliphatic carbocycles. The molecule has 3 aromatic carbocycles. The van der Waals surface area contributed by atoms with E-state index in [0.717, 1.165) is 15.4 Å². The van der Waals surface area contributed by atoms with Crippen molar-refractivity contribution in [3.63, 3.8) is 0 Å². The summed E-state index contributed by atoms with van der Waals surface area (Å²) in [5.74, 6) is -1.00. The summed E-state index contributed by atoms with van der Waals surface area (Å²) in [6.45, 7) is 5.01. The van der Waals surface area contributed by atoms with E-state index in [2.05, 4.69) is 15.2 Å². The Kier molecular flexibility index (Phi) is 6.21. The Bertz CT molecular complexity index is 1510. The maximum atomic E-state index is 13.5. The van der Waals surface area contributed by atoms with Gasteiger partial charge in [-0.25, -0.2) is 8.42 Å². The standard InChI is InChI=1S/C25H24N4O4S/c1-16-8-11-19(12-9-16)34(32,33)29(22-13-10-17(2)14-18(22)3)15-23(30)27-28-24-20-6-4-5-7-21(20)26-25(24)31/h4-14,26,31H,15H2,1-3H3. The number of para-hydroxylation sites is 1. The molecule has 0 radical (unpaired) electrons. The van der Waals surface area contributed by atoms with E-state index in [4.69, 9.17) is 0 Å². The predicted molar refractivity (Wildman–Crippen MR) is 131 cm³/mol. The SMILES string of the molecule is Cc1ccc(S(=O)(=O)N(CC(=O)N=Nc2c(O)[nH]c3ccccc23)c2ccc(C)cc2C)cc1. The second-order valence-electron chi connectivity index (χ2n) is 8.08. The van der Waals surface area contributed by atoms with Gasteiger partial charge in [0.1, 0.15) is 6.54 Å². The first kappa shape index (κ1) is 23.2. The zero-order chi connectivity index (χ0) is 24.5.